The monoisotopic (exact) mass is 285 g/mol. The molecule has 0 saturated heterocycles. The Morgan fingerprint density at radius 2 is 2.19 bits per heavy atom. The third-order valence-corrected chi connectivity index (χ3v) is 3.29. The number of nitrogens with zero attached hydrogens (tertiary/aromatic N) is 2. The summed E-state index contributed by atoms with van der Waals surface area (Å²) in [4.78, 5) is 8.57. The van der Waals surface area contributed by atoms with Gasteiger partial charge in [0.1, 0.15) is 5.60 Å². The molecule has 0 unspecified atom stereocenters. The molecule has 1 aromatic heterocycles. The Morgan fingerprint density at radius 1 is 1.33 bits per heavy atom. The first-order chi connectivity index (χ1) is 10.1. The molecule has 2 aromatic rings. The van der Waals surface area contributed by atoms with Crippen LogP contribution < -0.4 is 14.8 Å². The topological polar surface area (TPSA) is 56.3 Å². The Hall–Kier alpha value is -2.14. The minimum atomic E-state index is -0.193. The average Bonchev–Trinajstić information content (AvgIpc) is 2.75. The van der Waals surface area contributed by atoms with Gasteiger partial charge in [-0.25, -0.2) is 4.98 Å². The molecule has 0 spiro atoms. The third kappa shape index (κ3) is 2.97. The summed E-state index contributed by atoms with van der Waals surface area (Å²) in [5.41, 5.74) is 1.81. The van der Waals surface area contributed by atoms with Gasteiger partial charge in [0.15, 0.2) is 11.5 Å². The molecule has 21 heavy (non-hydrogen) atoms. The molecule has 1 N–H and O–H groups in total. The molecule has 2 heterocycles. The van der Waals surface area contributed by atoms with E-state index in [4.69, 9.17) is 9.47 Å². The largest absolute Gasteiger partial charge is 0.483 e. The number of fused-ring (bicyclic) bond motifs is 1. The second-order valence-electron chi connectivity index (χ2n) is 5.76. The average molecular weight is 285 g/mol. The number of para-hydroxylation sites is 1. The van der Waals surface area contributed by atoms with Crippen molar-refractivity contribution in [2.24, 2.45) is 0 Å². The van der Waals surface area contributed by atoms with E-state index in [0.717, 1.165) is 23.4 Å². The first kappa shape index (κ1) is 13.8. The second-order valence-corrected chi connectivity index (χ2v) is 5.76. The van der Waals surface area contributed by atoms with E-state index in [9.17, 15) is 0 Å². The Bertz CT molecular complexity index is 656. The highest BCUT2D eigenvalue weighted by atomic mass is 16.5. The number of hydrogen-bond acceptors (Lipinski definition) is 5. The van der Waals surface area contributed by atoms with Crippen molar-refractivity contribution in [3.63, 3.8) is 0 Å². The molecule has 0 aliphatic carbocycles. The Kier molecular flexibility index (Phi) is 3.51. The molecule has 3 rings (SSSR count). The number of hydrogen-bond donors (Lipinski definition) is 1. The molecular weight excluding hydrogens is 266 g/mol. The lowest BCUT2D eigenvalue weighted by atomic mass is 10.0. The minimum Gasteiger partial charge on any atom is -0.483 e. The van der Waals surface area contributed by atoms with Crippen LogP contribution in [0.5, 0.6) is 17.4 Å². The summed E-state index contributed by atoms with van der Waals surface area (Å²) in [5, 5.41) is 3.04. The van der Waals surface area contributed by atoms with E-state index in [0.29, 0.717) is 18.2 Å². The second kappa shape index (κ2) is 5.33. The molecule has 0 fully saturated rings. The molecule has 0 bridgehead atoms. The molecule has 0 saturated carbocycles. The zero-order valence-electron chi connectivity index (χ0n) is 12.5. The van der Waals surface area contributed by atoms with Crippen LogP contribution in [-0.4, -0.2) is 22.6 Å². The summed E-state index contributed by atoms with van der Waals surface area (Å²) in [7, 11) is 1.87. The maximum Gasteiger partial charge on any atom is 0.238 e. The van der Waals surface area contributed by atoms with Crippen molar-refractivity contribution in [2.75, 3.05) is 7.05 Å². The number of ether oxygens (including phenoxy) is 2. The maximum atomic E-state index is 5.99. The highest BCUT2D eigenvalue weighted by Gasteiger charge is 2.32. The summed E-state index contributed by atoms with van der Waals surface area (Å²) in [6.45, 7) is 4.80. The van der Waals surface area contributed by atoms with Gasteiger partial charge in [-0.2, -0.15) is 0 Å². The van der Waals surface area contributed by atoms with E-state index in [-0.39, 0.29) is 5.60 Å². The molecule has 0 radical (unpaired) electrons. The van der Waals surface area contributed by atoms with Crippen molar-refractivity contribution < 1.29 is 9.47 Å². The Labute approximate surface area is 124 Å². The van der Waals surface area contributed by atoms with Gasteiger partial charge in [0.25, 0.3) is 0 Å². The van der Waals surface area contributed by atoms with Crippen molar-refractivity contribution in [2.45, 2.75) is 32.4 Å². The Morgan fingerprint density at radius 3 is 3.00 bits per heavy atom. The fraction of sp³-hybridized carbons (Fsp3) is 0.375. The van der Waals surface area contributed by atoms with Crippen LogP contribution >= 0.6 is 0 Å². The predicted molar refractivity (Wildman–Crippen MR) is 79.7 cm³/mol. The Balaban J connectivity index is 1.87. The van der Waals surface area contributed by atoms with E-state index in [2.05, 4.69) is 35.2 Å². The first-order valence-corrected chi connectivity index (χ1v) is 7.02. The van der Waals surface area contributed by atoms with Crippen LogP contribution in [0, 0.1) is 0 Å². The van der Waals surface area contributed by atoms with Crippen molar-refractivity contribution in [1.82, 2.24) is 15.3 Å². The quantitative estimate of drug-likeness (QED) is 0.936. The summed E-state index contributed by atoms with van der Waals surface area (Å²) in [5.74, 6) is 1.97. The SMILES string of the molecule is CNCc1cncc(Oc2cccc3c2OC(C)(C)C3)n1. The van der Waals surface area contributed by atoms with Crippen LogP contribution in [0.25, 0.3) is 0 Å². The molecule has 1 aliphatic heterocycles. The van der Waals surface area contributed by atoms with E-state index < -0.39 is 0 Å². The van der Waals surface area contributed by atoms with E-state index in [1.165, 1.54) is 0 Å². The van der Waals surface area contributed by atoms with E-state index >= 15 is 0 Å². The number of benzene rings is 1. The van der Waals surface area contributed by atoms with Gasteiger partial charge in [-0.3, -0.25) is 4.98 Å². The van der Waals surface area contributed by atoms with Crippen LogP contribution in [-0.2, 0) is 13.0 Å². The van der Waals surface area contributed by atoms with Crippen molar-refractivity contribution in [3.05, 3.63) is 41.9 Å². The molecule has 1 aromatic carbocycles. The lowest BCUT2D eigenvalue weighted by Gasteiger charge is -2.18. The van der Waals surface area contributed by atoms with Gasteiger partial charge in [0.05, 0.1) is 11.9 Å². The van der Waals surface area contributed by atoms with Gasteiger partial charge in [-0.05, 0) is 27.0 Å². The van der Waals surface area contributed by atoms with Crippen LogP contribution in [0.2, 0.25) is 0 Å². The zero-order chi connectivity index (χ0) is 14.9. The first-order valence-electron chi connectivity index (χ1n) is 7.02. The highest BCUT2D eigenvalue weighted by molar-refractivity contribution is 5.51. The fourth-order valence-corrected chi connectivity index (χ4v) is 2.48. The standard InChI is InChI=1S/C16H19N3O2/c1-16(2)7-11-5-4-6-13(15(11)21-16)20-14-10-18-9-12(19-14)8-17-3/h4-6,9-10,17H,7-8H2,1-3H3. The zero-order valence-corrected chi connectivity index (χ0v) is 12.5. The van der Waals surface area contributed by atoms with E-state index in [1.54, 1.807) is 12.4 Å². The van der Waals surface area contributed by atoms with Crippen LogP contribution in [0.15, 0.2) is 30.6 Å². The van der Waals surface area contributed by atoms with Crippen LogP contribution in [0.4, 0.5) is 0 Å². The summed E-state index contributed by atoms with van der Waals surface area (Å²) in [6, 6.07) is 5.94. The van der Waals surface area contributed by atoms with Gasteiger partial charge >= 0.3 is 0 Å². The minimum absolute atomic E-state index is 0.193. The fourth-order valence-electron chi connectivity index (χ4n) is 2.48. The van der Waals surface area contributed by atoms with Crippen LogP contribution in [0.1, 0.15) is 25.1 Å². The molecule has 110 valence electrons. The van der Waals surface area contributed by atoms with E-state index in [1.807, 2.05) is 19.2 Å². The smallest absolute Gasteiger partial charge is 0.238 e. The van der Waals surface area contributed by atoms with Crippen molar-refractivity contribution in [3.8, 4) is 17.4 Å². The summed E-state index contributed by atoms with van der Waals surface area (Å²) >= 11 is 0. The maximum absolute atomic E-state index is 5.99. The molecular formula is C16H19N3O2. The number of aromatic nitrogens is 2. The molecule has 1 aliphatic rings. The van der Waals surface area contributed by atoms with Gasteiger partial charge in [-0.1, -0.05) is 12.1 Å². The van der Waals surface area contributed by atoms with Crippen LogP contribution in [0.3, 0.4) is 0 Å². The van der Waals surface area contributed by atoms with Gasteiger partial charge in [0, 0.05) is 24.7 Å². The molecule has 5 heteroatoms. The van der Waals surface area contributed by atoms with Gasteiger partial charge < -0.3 is 14.8 Å². The molecule has 5 nitrogen and oxygen atoms in total. The normalized spacial score (nSPS) is 15.4. The highest BCUT2D eigenvalue weighted by Crippen LogP contribution is 2.42. The molecule has 0 atom stereocenters. The summed E-state index contributed by atoms with van der Waals surface area (Å²) < 4.78 is 11.9. The number of nitrogens with one attached hydrogen (secondary N) is 1. The summed E-state index contributed by atoms with van der Waals surface area (Å²) in [6.07, 6.45) is 4.21. The lowest BCUT2D eigenvalue weighted by Crippen LogP contribution is -2.24. The predicted octanol–water partition coefficient (Wildman–Crippen LogP) is 2.70. The van der Waals surface area contributed by atoms with Gasteiger partial charge in [0.2, 0.25) is 5.88 Å². The van der Waals surface area contributed by atoms with Gasteiger partial charge in [-0.15, -0.1) is 0 Å². The molecule has 0 amide bonds. The lowest BCUT2D eigenvalue weighted by molar-refractivity contribution is 0.135. The number of rotatable bonds is 4. The van der Waals surface area contributed by atoms with Crippen molar-refractivity contribution in [1.29, 1.82) is 0 Å². The third-order valence-electron chi connectivity index (χ3n) is 3.29. The van der Waals surface area contributed by atoms with Crippen molar-refractivity contribution >= 4 is 0 Å².